The van der Waals surface area contributed by atoms with E-state index in [-0.39, 0.29) is 0 Å². The third kappa shape index (κ3) is 3.62. The predicted molar refractivity (Wildman–Crippen MR) is 91.6 cm³/mol. The normalized spacial score (nSPS) is 11.5. The zero-order valence-electron chi connectivity index (χ0n) is 12.9. The van der Waals surface area contributed by atoms with Gasteiger partial charge >= 0.3 is 0 Å². The number of hydrogen-bond donors (Lipinski definition) is 2. The molecule has 0 aliphatic carbocycles. The molecular formula is C20H17NO3. The first kappa shape index (κ1) is 15.8. The Labute approximate surface area is 140 Å². The highest BCUT2D eigenvalue weighted by molar-refractivity contribution is 5.81. The molecule has 0 saturated carbocycles. The molecule has 0 bridgehead atoms. The van der Waals surface area contributed by atoms with Crippen LogP contribution in [-0.2, 0) is 4.79 Å². The van der Waals surface area contributed by atoms with Gasteiger partial charge < -0.3 is 4.74 Å². The van der Waals surface area contributed by atoms with Gasteiger partial charge in [0.25, 0.3) is 5.91 Å². The fourth-order valence-electron chi connectivity index (χ4n) is 2.45. The summed E-state index contributed by atoms with van der Waals surface area (Å²) in [7, 11) is 0. The largest absolute Gasteiger partial charge is 0.476 e. The molecule has 0 fully saturated rings. The molecule has 3 aromatic rings. The van der Waals surface area contributed by atoms with Crippen molar-refractivity contribution >= 4 is 5.91 Å². The summed E-state index contributed by atoms with van der Waals surface area (Å²) >= 11 is 0. The fraction of sp³-hybridized carbons (Fsp3) is 0.0500. The van der Waals surface area contributed by atoms with Crippen molar-refractivity contribution in [3.05, 3.63) is 90.5 Å². The Bertz CT molecular complexity index is 786. The Morgan fingerprint density at radius 1 is 0.792 bits per heavy atom. The molecule has 24 heavy (non-hydrogen) atoms. The molecular weight excluding hydrogens is 302 g/mol. The van der Waals surface area contributed by atoms with Crippen molar-refractivity contribution in [2.75, 3.05) is 0 Å². The minimum absolute atomic E-state index is 0.548. The second-order valence-electron chi connectivity index (χ2n) is 5.28. The number of amides is 1. The van der Waals surface area contributed by atoms with Gasteiger partial charge in [0.1, 0.15) is 5.75 Å². The second kappa shape index (κ2) is 7.44. The van der Waals surface area contributed by atoms with Crippen LogP contribution in [0.4, 0.5) is 0 Å². The van der Waals surface area contributed by atoms with E-state index >= 15 is 0 Å². The Hall–Kier alpha value is -3.11. The summed E-state index contributed by atoms with van der Waals surface area (Å²) in [6.45, 7) is 0. The van der Waals surface area contributed by atoms with Crippen molar-refractivity contribution in [3.8, 4) is 16.9 Å². The van der Waals surface area contributed by atoms with Gasteiger partial charge in [0.2, 0.25) is 6.10 Å². The van der Waals surface area contributed by atoms with E-state index < -0.39 is 12.0 Å². The van der Waals surface area contributed by atoms with Gasteiger partial charge in [0.05, 0.1) is 0 Å². The second-order valence-corrected chi connectivity index (χ2v) is 5.28. The minimum Gasteiger partial charge on any atom is -0.476 e. The molecule has 1 amide bonds. The SMILES string of the molecule is O=C(NO)C(Oc1ccc(-c2ccccc2)cc1)c1ccccc1. The van der Waals surface area contributed by atoms with Crippen LogP contribution in [0.25, 0.3) is 11.1 Å². The molecule has 0 aromatic heterocycles. The standard InChI is InChI=1S/C20H17NO3/c22-20(21-23)19(17-9-5-2-6-10-17)24-18-13-11-16(12-14-18)15-7-3-1-4-8-15/h1-14,19,23H,(H,21,22). The molecule has 2 N–H and O–H groups in total. The predicted octanol–water partition coefficient (Wildman–Crippen LogP) is 3.98. The molecule has 0 heterocycles. The highest BCUT2D eigenvalue weighted by Gasteiger charge is 2.22. The zero-order valence-corrected chi connectivity index (χ0v) is 12.9. The van der Waals surface area contributed by atoms with E-state index in [4.69, 9.17) is 9.94 Å². The quantitative estimate of drug-likeness (QED) is 0.552. The first-order valence-electron chi connectivity index (χ1n) is 7.59. The number of rotatable bonds is 5. The number of carbonyl (C=O) groups is 1. The number of carbonyl (C=O) groups excluding carboxylic acids is 1. The monoisotopic (exact) mass is 319 g/mol. The van der Waals surface area contributed by atoms with Crippen molar-refractivity contribution in [1.82, 2.24) is 5.48 Å². The highest BCUT2D eigenvalue weighted by Crippen LogP contribution is 2.26. The van der Waals surface area contributed by atoms with Gasteiger partial charge in [-0.05, 0) is 23.3 Å². The number of benzene rings is 3. The maximum Gasteiger partial charge on any atom is 0.289 e. The third-order valence-corrected chi connectivity index (χ3v) is 3.67. The van der Waals surface area contributed by atoms with Gasteiger partial charge in [-0.15, -0.1) is 0 Å². The molecule has 0 aliphatic rings. The van der Waals surface area contributed by atoms with Crippen molar-refractivity contribution in [2.24, 2.45) is 0 Å². The lowest BCUT2D eigenvalue weighted by Gasteiger charge is -2.17. The number of hydrogen-bond acceptors (Lipinski definition) is 3. The van der Waals surface area contributed by atoms with Gasteiger partial charge in [-0.25, -0.2) is 5.48 Å². The molecule has 4 heteroatoms. The molecule has 1 unspecified atom stereocenters. The zero-order chi connectivity index (χ0) is 16.8. The molecule has 3 aromatic carbocycles. The number of nitrogens with one attached hydrogen (secondary N) is 1. The van der Waals surface area contributed by atoms with Crippen LogP contribution in [0, 0.1) is 0 Å². The average Bonchev–Trinajstić information content (AvgIpc) is 2.67. The van der Waals surface area contributed by atoms with E-state index in [2.05, 4.69) is 0 Å². The van der Waals surface area contributed by atoms with Gasteiger partial charge in [-0.2, -0.15) is 0 Å². The maximum absolute atomic E-state index is 11.9. The summed E-state index contributed by atoms with van der Waals surface area (Å²) in [5, 5.41) is 8.96. The molecule has 0 aliphatic heterocycles. The average molecular weight is 319 g/mol. The van der Waals surface area contributed by atoms with E-state index in [9.17, 15) is 4.79 Å². The van der Waals surface area contributed by atoms with E-state index in [0.717, 1.165) is 11.1 Å². The van der Waals surface area contributed by atoms with Crippen LogP contribution in [0.15, 0.2) is 84.9 Å². The van der Waals surface area contributed by atoms with E-state index in [1.807, 2.05) is 72.8 Å². The number of hydroxylamine groups is 1. The highest BCUT2D eigenvalue weighted by atomic mass is 16.5. The molecule has 1 atom stereocenters. The van der Waals surface area contributed by atoms with Crippen LogP contribution in [0.1, 0.15) is 11.7 Å². The van der Waals surface area contributed by atoms with Crippen LogP contribution in [0.2, 0.25) is 0 Å². The molecule has 0 radical (unpaired) electrons. The van der Waals surface area contributed by atoms with Crippen LogP contribution >= 0.6 is 0 Å². The molecule has 120 valence electrons. The van der Waals surface area contributed by atoms with Crippen LogP contribution < -0.4 is 10.2 Å². The first-order chi connectivity index (χ1) is 11.8. The lowest BCUT2D eigenvalue weighted by atomic mass is 10.1. The van der Waals surface area contributed by atoms with E-state index in [0.29, 0.717) is 11.3 Å². The fourth-order valence-corrected chi connectivity index (χ4v) is 2.45. The van der Waals surface area contributed by atoms with Gasteiger partial charge in [-0.3, -0.25) is 10.0 Å². The summed E-state index contributed by atoms with van der Waals surface area (Å²) in [4.78, 5) is 11.9. The molecule has 4 nitrogen and oxygen atoms in total. The summed E-state index contributed by atoms with van der Waals surface area (Å²) < 4.78 is 5.77. The van der Waals surface area contributed by atoms with Crippen LogP contribution in [-0.4, -0.2) is 11.1 Å². The lowest BCUT2D eigenvalue weighted by molar-refractivity contribution is -0.136. The smallest absolute Gasteiger partial charge is 0.289 e. The number of ether oxygens (including phenoxy) is 1. The molecule has 0 saturated heterocycles. The minimum atomic E-state index is -0.918. The lowest BCUT2D eigenvalue weighted by Crippen LogP contribution is -2.29. The van der Waals surface area contributed by atoms with Crippen molar-refractivity contribution in [2.45, 2.75) is 6.10 Å². The Morgan fingerprint density at radius 3 is 1.92 bits per heavy atom. The van der Waals surface area contributed by atoms with Crippen molar-refractivity contribution in [3.63, 3.8) is 0 Å². The van der Waals surface area contributed by atoms with E-state index in [1.165, 1.54) is 0 Å². The summed E-state index contributed by atoms with van der Waals surface area (Å²) in [5.74, 6) is -0.0690. The summed E-state index contributed by atoms with van der Waals surface area (Å²) in [6.07, 6.45) is -0.918. The maximum atomic E-state index is 11.9. The van der Waals surface area contributed by atoms with E-state index in [1.54, 1.807) is 17.6 Å². The molecule has 3 rings (SSSR count). The van der Waals surface area contributed by atoms with Crippen LogP contribution in [0.5, 0.6) is 5.75 Å². The molecule has 0 spiro atoms. The summed E-state index contributed by atoms with van der Waals surface area (Å²) in [5.41, 5.74) is 4.49. The Morgan fingerprint density at radius 2 is 1.33 bits per heavy atom. The van der Waals surface area contributed by atoms with Gasteiger partial charge in [-0.1, -0.05) is 72.8 Å². The first-order valence-corrected chi connectivity index (χ1v) is 7.59. The Balaban J connectivity index is 1.82. The van der Waals surface area contributed by atoms with Gasteiger partial charge in [0.15, 0.2) is 0 Å². The topological polar surface area (TPSA) is 58.6 Å². The third-order valence-electron chi connectivity index (χ3n) is 3.67. The van der Waals surface area contributed by atoms with Crippen molar-refractivity contribution < 1.29 is 14.7 Å². The van der Waals surface area contributed by atoms with Crippen molar-refractivity contribution in [1.29, 1.82) is 0 Å². The van der Waals surface area contributed by atoms with Crippen LogP contribution in [0.3, 0.4) is 0 Å². The van der Waals surface area contributed by atoms with Gasteiger partial charge in [0, 0.05) is 5.56 Å². The Kier molecular flexibility index (Phi) is 4.89. The summed E-state index contributed by atoms with van der Waals surface area (Å²) in [6, 6.07) is 26.5.